The molecule has 0 radical (unpaired) electrons. The van der Waals surface area contributed by atoms with Crippen molar-refractivity contribution in [1.82, 2.24) is 5.43 Å². The Morgan fingerprint density at radius 3 is 3.00 bits per heavy atom. The molecule has 0 unspecified atom stereocenters. The maximum absolute atomic E-state index is 10.4. The summed E-state index contributed by atoms with van der Waals surface area (Å²) in [6.45, 7) is 2.24. The number of nitrogens with zero attached hydrogens (tertiary/aromatic N) is 1. The molecule has 0 atom stereocenters. The number of hydrogen-bond acceptors (Lipinski definition) is 4. The molecule has 92 valence electrons. The Bertz CT molecular complexity index is 449. The molecule has 0 aliphatic carbocycles. The molecule has 0 aliphatic rings. The molecular weight excluding hydrogens is 290 g/mol. The van der Waals surface area contributed by atoms with E-state index >= 15 is 0 Å². The number of carbonyl (C=O) groups excluding carboxylic acids is 1. The van der Waals surface area contributed by atoms with Crippen LogP contribution in [0, 0.1) is 0 Å². The van der Waals surface area contributed by atoms with Crippen molar-refractivity contribution in [2.45, 2.75) is 6.92 Å². The number of aromatic hydroxyl groups is 1. The maximum atomic E-state index is 10.4. The molecule has 1 aromatic carbocycles. The maximum Gasteiger partial charge on any atom is 0.332 e. The molecule has 2 amide bonds. The zero-order valence-electron chi connectivity index (χ0n) is 9.11. The fourth-order valence-corrected chi connectivity index (χ4v) is 1.56. The Hall–Kier alpha value is -1.76. The summed E-state index contributed by atoms with van der Waals surface area (Å²) in [5.41, 5.74) is 7.56. The second kappa shape index (κ2) is 6.09. The molecule has 0 aromatic heterocycles. The summed E-state index contributed by atoms with van der Waals surface area (Å²) in [6, 6.07) is 2.48. The summed E-state index contributed by atoms with van der Waals surface area (Å²) in [4.78, 5) is 10.4. The van der Waals surface area contributed by atoms with Crippen LogP contribution in [0.15, 0.2) is 21.7 Å². The van der Waals surface area contributed by atoms with Crippen molar-refractivity contribution in [3.8, 4) is 11.5 Å². The Balaban J connectivity index is 2.93. The Labute approximate surface area is 107 Å². The molecule has 1 rings (SSSR count). The number of amides is 2. The number of hydrazone groups is 1. The summed E-state index contributed by atoms with van der Waals surface area (Å²) in [5.74, 6) is 0.356. The standard InChI is InChI=1S/C10H12BrN3O3/c1-2-17-8-4-6(3-7(11)9(8)15)5-13-14-10(12)16/h3-5,15H,2H2,1H3,(H3,12,14,16)/b13-5+. The lowest BCUT2D eigenvalue weighted by Gasteiger charge is -2.08. The SMILES string of the molecule is CCOc1cc(/C=N/NC(N)=O)cc(Br)c1O. The molecule has 0 fully saturated rings. The fourth-order valence-electron chi connectivity index (χ4n) is 1.10. The molecule has 0 spiro atoms. The molecule has 17 heavy (non-hydrogen) atoms. The first-order valence-electron chi connectivity index (χ1n) is 4.78. The van der Waals surface area contributed by atoms with Crippen molar-refractivity contribution in [1.29, 1.82) is 0 Å². The molecule has 0 saturated carbocycles. The highest BCUT2D eigenvalue weighted by Gasteiger charge is 2.08. The van der Waals surface area contributed by atoms with Gasteiger partial charge in [-0.3, -0.25) is 0 Å². The number of phenolic OH excluding ortho intramolecular Hbond substituents is 1. The number of nitrogens with one attached hydrogen (secondary N) is 1. The van der Waals surface area contributed by atoms with E-state index in [1.165, 1.54) is 6.21 Å². The molecule has 0 aliphatic heterocycles. The van der Waals surface area contributed by atoms with Gasteiger partial charge in [-0.15, -0.1) is 0 Å². The summed E-state index contributed by atoms with van der Waals surface area (Å²) in [7, 11) is 0. The Kier molecular flexibility index (Phi) is 4.77. The molecular formula is C10H12BrN3O3. The third-order valence-corrected chi connectivity index (χ3v) is 2.34. The molecule has 0 heterocycles. The van der Waals surface area contributed by atoms with E-state index in [4.69, 9.17) is 10.5 Å². The van der Waals surface area contributed by atoms with Crippen molar-refractivity contribution in [2.24, 2.45) is 10.8 Å². The van der Waals surface area contributed by atoms with Crippen LogP contribution in [0.4, 0.5) is 4.79 Å². The van der Waals surface area contributed by atoms with Crippen LogP contribution in [-0.4, -0.2) is 24.0 Å². The van der Waals surface area contributed by atoms with Gasteiger partial charge in [-0.05, 0) is 40.5 Å². The number of phenols is 1. The van der Waals surface area contributed by atoms with Crippen LogP contribution in [0.3, 0.4) is 0 Å². The lowest BCUT2D eigenvalue weighted by atomic mass is 10.2. The largest absolute Gasteiger partial charge is 0.503 e. The smallest absolute Gasteiger partial charge is 0.332 e. The van der Waals surface area contributed by atoms with Gasteiger partial charge in [0, 0.05) is 0 Å². The van der Waals surface area contributed by atoms with Crippen molar-refractivity contribution >= 4 is 28.2 Å². The lowest BCUT2D eigenvalue weighted by molar-refractivity contribution is 0.249. The third kappa shape index (κ3) is 3.95. The van der Waals surface area contributed by atoms with Crippen LogP contribution in [0.5, 0.6) is 11.5 Å². The second-order valence-corrected chi connectivity index (χ2v) is 3.87. The number of hydrogen-bond donors (Lipinski definition) is 3. The predicted octanol–water partition coefficient (Wildman–Crippen LogP) is 1.56. The van der Waals surface area contributed by atoms with Crippen LogP contribution in [0.1, 0.15) is 12.5 Å². The van der Waals surface area contributed by atoms with Crippen molar-refractivity contribution in [2.75, 3.05) is 6.61 Å². The van der Waals surface area contributed by atoms with E-state index < -0.39 is 6.03 Å². The third-order valence-electron chi connectivity index (χ3n) is 1.74. The highest BCUT2D eigenvalue weighted by atomic mass is 79.9. The number of nitrogens with two attached hydrogens (primary N) is 1. The van der Waals surface area contributed by atoms with Crippen molar-refractivity contribution < 1.29 is 14.6 Å². The van der Waals surface area contributed by atoms with Crippen LogP contribution in [0.25, 0.3) is 0 Å². The quantitative estimate of drug-likeness (QED) is 0.581. The fraction of sp³-hybridized carbons (Fsp3) is 0.200. The predicted molar refractivity (Wildman–Crippen MR) is 67.3 cm³/mol. The minimum atomic E-state index is -0.746. The summed E-state index contributed by atoms with van der Waals surface area (Å²) in [5, 5.41) is 13.3. The van der Waals surface area contributed by atoms with E-state index in [-0.39, 0.29) is 5.75 Å². The van der Waals surface area contributed by atoms with E-state index in [0.29, 0.717) is 22.4 Å². The topological polar surface area (TPSA) is 96.9 Å². The van der Waals surface area contributed by atoms with Gasteiger partial charge in [0.25, 0.3) is 0 Å². The minimum Gasteiger partial charge on any atom is -0.503 e. The monoisotopic (exact) mass is 301 g/mol. The molecule has 0 bridgehead atoms. The zero-order chi connectivity index (χ0) is 12.8. The van der Waals surface area contributed by atoms with E-state index in [9.17, 15) is 9.90 Å². The number of rotatable bonds is 4. The number of primary amides is 1. The summed E-state index contributed by atoms with van der Waals surface area (Å²) >= 11 is 3.18. The van der Waals surface area contributed by atoms with Gasteiger partial charge in [-0.1, -0.05) is 0 Å². The normalized spacial score (nSPS) is 10.5. The molecule has 0 saturated heterocycles. The van der Waals surface area contributed by atoms with Crippen LogP contribution < -0.4 is 15.9 Å². The van der Waals surface area contributed by atoms with Gasteiger partial charge in [-0.2, -0.15) is 5.10 Å². The van der Waals surface area contributed by atoms with E-state index in [0.717, 1.165) is 0 Å². The first-order valence-corrected chi connectivity index (χ1v) is 5.57. The Morgan fingerprint density at radius 2 is 2.41 bits per heavy atom. The highest BCUT2D eigenvalue weighted by molar-refractivity contribution is 9.10. The number of urea groups is 1. The molecule has 1 aromatic rings. The number of halogens is 1. The first-order chi connectivity index (χ1) is 8.04. The van der Waals surface area contributed by atoms with Gasteiger partial charge >= 0.3 is 6.03 Å². The van der Waals surface area contributed by atoms with E-state index in [2.05, 4.69) is 26.5 Å². The summed E-state index contributed by atoms with van der Waals surface area (Å²) < 4.78 is 5.71. The highest BCUT2D eigenvalue weighted by Crippen LogP contribution is 2.34. The first kappa shape index (κ1) is 13.3. The van der Waals surface area contributed by atoms with Crippen molar-refractivity contribution in [3.05, 3.63) is 22.2 Å². The van der Waals surface area contributed by atoms with Gasteiger partial charge in [0.1, 0.15) is 0 Å². The molecule has 7 heteroatoms. The minimum absolute atomic E-state index is 0.0202. The second-order valence-electron chi connectivity index (χ2n) is 3.02. The number of carbonyl (C=O) groups is 1. The van der Waals surface area contributed by atoms with Crippen molar-refractivity contribution in [3.63, 3.8) is 0 Å². The molecule has 6 nitrogen and oxygen atoms in total. The average molecular weight is 302 g/mol. The number of benzene rings is 1. The molecule has 4 N–H and O–H groups in total. The lowest BCUT2D eigenvalue weighted by Crippen LogP contribution is -2.24. The zero-order valence-corrected chi connectivity index (χ0v) is 10.7. The van der Waals surface area contributed by atoms with E-state index in [1.807, 2.05) is 6.92 Å². The number of ether oxygens (including phenoxy) is 1. The van der Waals surface area contributed by atoms with Gasteiger partial charge in [0.15, 0.2) is 11.5 Å². The van der Waals surface area contributed by atoms with Gasteiger partial charge in [-0.25, -0.2) is 10.2 Å². The Morgan fingerprint density at radius 1 is 1.71 bits per heavy atom. The van der Waals surface area contributed by atoms with Crippen LogP contribution in [0.2, 0.25) is 0 Å². The average Bonchev–Trinajstić information content (AvgIpc) is 2.25. The van der Waals surface area contributed by atoms with Gasteiger partial charge in [0.05, 0.1) is 17.3 Å². The van der Waals surface area contributed by atoms with Gasteiger partial charge < -0.3 is 15.6 Å². The van der Waals surface area contributed by atoms with Crippen LogP contribution >= 0.6 is 15.9 Å². The van der Waals surface area contributed by atoms with Gasteiger partial charge in [0.2, 0.25) is 0 Å². The van der Waals surface area contributed by atoms with Crippen LogP contribution in [-0.2, 0) is 0 Å². The van der Waals surface area contributed by atoms with E-state index in [1.54, 1.807) is 12.1 Å². The summed E-state index contributed by atoms with van der Waals surface area (Å²) in [6.07, 6.45) is 1.39.